The number of thiophene rings is 1. The van der Waals surface area contributed by atoms with Crippen LogP contribution in [0.5, 0.6) is 5.75 Å². The van der Waals surface area contributed by atoms with Crippen molar-refractivity contribution in [1.29, 1.82) is 0 Å². The van der Waals surface area contributed by atoms with Gasteiger partial charge in [0, 0.05) is 28.1 Å². The molecular weight excluding hydrogens is 466 g/mol. The number of carbonyl (C=O) groups excluding carboxylic acids is 2. The fourth-order valence-electron chi connectivity index (χ4n) is 4.57. The second-order valence-electron chi connectivity index (χ2n) is 8.41. The van der Waals surface area contributed by atoms with E-state index in [1.807, 2.05) is 83.8 Å². The van der Waals surface area contributed by atoms with Crippen molar-refractivity contribution in [2.45, 2.75) is 30.4 Å². The third-order valence-electron chi connectivity index (χ3n) is 6.32. The molecule has 2 amide bonds. The van der Waals surface area contributed by atoms with Gasteiger partial charge in [0.15, 0.2) is 0 Å². The molecule has 1 atom stereocenters. The van der Waals surface area contributed by atoms with Crippen LogP contribution >= 0.6 is 23.1 Å². The first kappa shape index (κ1) is 22.6. The third kappa shape index (κ3) is 3.67. The number of nitrogens with zero attached hydrogens (tertiary/aromatic N) is 2. The lowest BCUT2D eigenvalue weighted by molar-refractivity contribution is -0.126. The predicted octanol–water partition coefficient (Wildman–Crippen LogP) is 5.17. The van der Waals surface area contributed by atoms with Crippen molar-refractivity contribution in [2.24, 2.45) is 0 Å². The van der Waals surface area contributed by atoms with Crippen LogP contribution < -0.4 is 15.0 Å². The molecule has 8 heteroatoms. The molecule has 0 fully saturated rings. The number of ether oxygens (including phenoxy) is 1. The molecule has 1 aliphatic heterocycles. The predicted molar refractivity (Wildman–Crippen MR) is 138 cm³/mol. The monoisotopic (exact) mass is 491 g/mol. The highest BCUT2D eigenvalue weighted by atomic mass is 32.2. The smallest absolute Gasteiger partial charge is 0.275 e. The number of hydrogen-bond donors (Lipinski definition) is 1. The van der Waals surface area contributed by atoms with Crippen LogP contribution in [-0.4, -0.2) is 35.3 Å². The van der Waals surface area contributed by atoms with Crippen LogP contribution in [-0.2, 0) is 17.9 Å². The second-order valence-corrected chi connectivity index (χ2v) is 10.2. The first-order chi connectivity index (χ1) is 16.5. The van der Waals surface area contributed by atoms with E-state index >= 15 is 0 Å². The van der Waals surface area contributed by atoms with Crippen molar-refractivity contribution in [3.05, 3.63) is 77.3 Å². The fraction of sp³-hybridized carbons (Fsp3) is 0.231. The molecule has 1 aliphatic rings. The van der Waals surface area contributed by atoms with Crippen molar-refractivity contribution >= 4 is 50.8 Å². The van der Waals surface area contributed by atoms with Gasteiger partial charge in [-0.1, -0.05) is 24.3 Å². The van der Waals surface area contributed by atoms with Gasteiger partial charge in [-0.2, -0.15) is 0 Å². The number of anilines is 1. The molecule has 2 aromatic carbocycles. The number of rotatable bonds is 6. The topological polar surface area (TPSA) is 63.6 Å². The number of carbonyl (C=O) groups is 2. The molecule has 174 valence electrons. The normalized spacial score (nSPS) is 17.6. The SMILES string of the molecule is COc1ccccc1CNC(=O)[C@]1(C)Cn2c(cc3ccsc32)C(=O)N1c1cccc(SC)c1. The molecule has 2 aromatic heterocycles. The Morgan fingerprint density at radius 3 is 2.79 bits per heavy atom. The van der Waals surface area contributed by atoms with Crippen LogP contribution in [0.2, 0.25) is 0 Å². The minimum absolute atomic E-state index is 0.178. The Balaban J connectivity index is 1.56. The van der Waals surface area contributed by atoms with Gasteiger partial charge in [-0.05, 0) is 55.0 Å². The maximum absolute atomic E-state index is 13.9. The van der Waals surface area contributed by atoms with Gasteiger partial charge >= 0.3 is 0 Å². The molecule has 1 N–H and O–H groups in total. The van der Waals surface area contributed by atoms with Crippen LogP contribution in [0.1, 0.15) is 23.0 Å². The highest BCUT2D eigenvalue weighted by Gasteiger charge is 2.48. The van der Waals surface area contributed by atoms with Crippen molar-refractivity contribution in [3.8, 4) is 5.75 Å². The van der Waals surface area contributed by atoms with E-state index < -0.39 is 5.54 Å². The van der Waals surface area contributed by atoms with E-state index in [1.165, 1.54) is 0 Å². The molecule has 4 aromatic rings. The lowest BCUT2D eigenvalue weighted by atomic mass is 9.93. The van der Waals surface area contributed by atoms with Gasteiger partial charge in [0.2, 0.25) is 5.91 Å². The summed E-state index contributed by atoms with van der Waals surface area (Å²) in [5.74, 6) is 0.318. The van der Waals surface area contributed by atoms with Crippen LogP contribution in [0.25, 0.3) is 10.2 Å². The van der Waals surface area contributed by atoms with Gasteiger partial charge in [0.25, 0.3) is 5.91 Å². The van der Waals surface area contributed by atoms with E-state index in [4.69, 9.17) is 4.74 Å². The van der Waals surface area contributed by atoms with E-state index in [2.05, 4.69) is 5.32 Å². The molecule has 6 nitrogen and oxygen atoms in total. The van der Waals surface area contributed by atoms with Crippen molar-refractivity contribution in [3.63, 3.8) is 0 Å². The molecular formula is C26H25N3O3S2. The van der Waals surface area contributed by atoms with E-state index in [1.54, 1.807) is 35.1 Å². The summed E-state index contributed by atoms with van der Waals surface area (Å²) in [7, 11) is 1.61. The van der Waals surface area contributed by atoms with E-state index in [0.29, 0.717) is 30.2 Å². The molecule has 0 unspecified atom stereocenters. The maximum atomic E-state index is 13.9. The minimum atomic E-state index is -1.13. The summed E-state index contributed by atoms with van der Waals surface area (Å²) in [6.07, 6.45) is 2.00. The molecule has 5 rings (SSSR count). The summed E-state index contributed by atoms with van der Waals surface area (Å²) < 4.78 is 7.42. The number of amides is 2. The van der Waals surface area contributed by atoms with Crippen LogP contribution in [0, 0.1) is 0 Å². The fourth-order valence-corrected chi connectivity index (χ4v) is 5.92. The quantitative estimate of drug-likeness (QED) is 0.378. The van der Waals surface area contributed by atoms with Gasteiger partial charge in [-0.25, -0.2) is 0 Å². The molecule has 0 radical (unpaired) electrons. The Labute approximate surface area is 206 Å². The highest BCUT2D eigenvalue weighted by Crippen LogP contribution is 2.38. The number of methoxy groups -OCH3 is 1. The summed E-state index contributed by atoms with van der Waals surface area (Å²) in [6, 6.07) is 19.3. The lowest BCUT2D eigenvalue weighted by Crippen LogP contribution is -2.64. The molecule has 0 bridgehead atoms. The third-order valence-corrected chi connectivity index (χ3v) is 7.99. The van der Waals surface area contributed by atoms with E-state index in [-0.39, 0.29) is 11.8 Å². The number of para-hydroxylation sites is 1. The average molecular weight is 492 g/mol. The number of thioether (sulfide) groups is 1. The van der Waals surface area contributed by atoms with Crippen molar-refractivity contribution in [2.75, 3.05) is 18.3 Å². The Kier molecular flexibility index (Phi) is 5.87. The number of hydrogen-bond acceptors (Lipinski definition) is 5. The summed E-state index contributed by atoms with van der Waals surface area (Å²) >= 11 is 3.19. The number of aromatic nitrogens is 1. The average Bonchev–Trinajstić information content (AvgIpc) is 3.45. The Hall–Kier alpha value is -3.23. The van der Waals surface area contributed by atoms with Crippen LogP contribution in [0.4, 0.5) is 5.69 Å². The molecule has 0 spiro atoms. The van der Waals surface area contributed by atoms with E-state index in [9.17, 15) is 9.59 Å². The molecule has 0 aliphatic carbocycles. The summed E-state index contributed by atoms with van der Waals surface area (Å²) in [5.41, 5.74) is 1.07. The van der Waals surface area contributed by atoms with Gasteiger partial charge in [-0.15, -0.1) is 23.1 Å². The zero-order chi connectivity index (χ0) is 23.9. The van der Waals surface area contributed by atoms with Gasteiger partial charge in [0.05, 0.1) is 13.7 Å². The largest absolute Gasteiger partial charge is 0.496 e. The molecule has 34 heavy (non-hydrogen) atoms. The van der Waals surface area contributed by atoms with Crippen molar-refractivity contribution in [1.82, 2.24) is 9.88 Å². The zero-order valence-electron chi connectivity index (χ0n) is 19.2. The van der Waals surface area contributed by atoms with Gasteiger partial charge < -0.3 is 14.6 Å². The van der Waals surface area contributed by atoms with E-state index in [0.717, 1.165) is 20.7 Å². The van der Waals surface area contributed by atoms with Crippen molar-refractivity contribution < 1.29 is 14.3 Å². The number of nitrogens with one attached hydrogen (secondary N) is 1. The second kappa shape index (κ2) is 8.85. The molecule has 0 saturated carbocycles. The van der Waals surface area contributed by atoms with Crippen LogP contribution in [0.3, 0.4) is 0 Å². The summed E-state index contributed by atoms with van der Waals surface area (Å²) in [6.45, 7) is 2.51. The first-order valence-electron chi connectivity index (χ1n) is 10.9. The summed E-state index contributed by atoms with van der Waals surface area (Å²) in [5, 5.41) is 6.10. The number of benzene rings is 2. The van der Waals surface area contributed by atoms with Gasteiger partial charge in [0.1, 0.15) is 21.8 Å². The van der Waals surface area contributed by atoms with Gasteiger partial charge in [-0.3, -0.25) is 14.5 Å². The summed E-state index contributed by atoms with van der Waals surface area (Å²) in [4.78, 5) is 31.4. The first-order valence-corrected chi connectivity index (χ1v) is 13.0. The minimum Gasteiger partial charge on any atom is -0.496 e. The Morgan fingerprint density at radius 1 is 1.18 bits per heavy atom. The number of fused-ring (bicyclic) bond motifs is 3. The molecule has 3 heterocycles. The highest BCUT2D eigenvalue weighted by molar-refractivity contribution is 7.98. The zero-order valence-corrected chi connectivity index (χ0v) is 20.8. The Bertz CT molecular complexity index is 1390. The van der Waals surface area contributed by atoms with Crippen LogP contribution in [0.15, 0.2) is 70.9 Å². The standard InChI is InChI=1S/C26H25N3O3S2/c1-26(25(31)27-15-18-7-4-5-10-22(18)32-2)16-28-21(13-17-11-12-34-24(17)28)23(30)29(26)19-8-6-9-20(14-19)33-3/h4-14H,15-16H2,1-3H3,(H,27,31)/t26-/m0/s1. The molecule has 0 saturated heterocycles. The maximum Gasteiger partial charge on any atom is 0.275 e. The Morgan fingerprint density at radius 2 is 2.00 bits per heavy atom. The lowest BCUT2D eigenvalue weighted by Gasteiger charge is -2.44.